The second-order valence-corrected chi connectivity index (χ2v) is 9.03. The summed E-state index contributed by atoms with van der Waals surface area (Å²) in [6.07, 6.45) is 5.84. The third-order valence-corrected chi connectivity index (χ3v) is 7.49. The number of thioether (sulfide) groups is 1. The summed E-state index contributed by atoms with van der Waals surface area (Å²) in [5.41, 5.74) is 3.30. The van der Waals surface area contributed by atoms with Crippen LogP contribution in [0.5, 0.6) is 5.75 Å². The van der Waals surface area contributed by atoms with Gasteiger partial charge in [-0.3, -0.25) is 4.79 Å². The molecule has 0 aliphatic carbocycles. The van der Waals surface area contributed by atoms with Gasteiger partial charge in [-0.25, -0.2) is 0 Å². The average molecular weight is 397 g/mol. The van der Waals surface area contributed by atoms with Crippen molar-refractivity contribution in [1.29, 1.82) is 0 Å². The topological polar surface area (TPSA) is 43.3 Å². The molecule has 5 rings (SSSR count). The van der Waals surface area contributed by atoms with Crippen molar-refractivity contribution < 1.29 is 9.53 Å². The van der Waals surface area contributed by atoms with Gasteiger partial charge in [0.25, 0.3) is 5.91 Å². The highest BCUT2D eigenvalue weighted by Crippen LogP contribution is 2.38. The molecule has 0 spiro atoms. The van der Waals surface area contributed by atoms with E-state index in [0.29, 0.717) is 6.54 Å². The summed E-state index contributed by atoms with van der Waals surface area (Å²) < 4.78 is 8.03. The molecule has 4 heterocycles. The second-order valence-electron chi connectivity index (χ2n) is 6.84. The highest BCUT2D eigenvalue weighted by atomic mass is 32.2. The number of thiophene rings is 1. The van der Waals surface area contributed by atoms with Gasteiger partial charge in [-0.2, -0.15) is 11.8 Å². The molecule has 138 valence electrons. The molecule has 0 saturated heterocycles. The number of nitrogens with one attached hydrogen (secondary N) is 1. The average Bonchev–Trinajstić information content (AvgIpc) is 3.43. The van der Waals surface area contributed by atoms with E-state index in [1.54, 1.807) is 11.3 Å². The number of carbonyl (C=O) groups is 1. The predicted octanol–water partition coefficient (Wildman–Crippen LogP) is 4.06. The Kier molecular flexibility index (Phi) is 4.45. The van der Waals surface area contributed by atoms with Gasteiger partial charge in [-0.05, 0) is 41.5 Å². The molecule has 27 heavy (non-hydrogen) atoms. The fourth-order valence-electron chi connectivity index (χ4n) is 3.77. The largest absolute Gasteiger partial charge is 0.488 e. The Balaban J connectivity index is 1.37. The van der Waals surface area contributed by atoms with E-state index < -0.39 is 0 Å². The summed E-state index contributed by atoms with van der Waals surface area (Å²) in [5, 5.41) is 4.17. The van der Waals surface area contributed by atoms with Crippen molar-refractivity contribution in [3.05, 3.63) is 70.4 Å². The molecule has 4 nitrogen and oxygen atoms in total. The van der Waals surface area contributed by atoms with Crippen molar-refractivity contribution in [1.82, 2.24) is 9.88 Å². The number of rotatable bonds is 4. The Morgan fingerprint density at radius 2 is 2.07 bits per heavy atom. The van der Waals surface area contributed by atoms with Crippen LogP contribution in [0, 0.1) is 0 Å². The van der Waals surface area contributed by atoms with Gasteiger partial charge in [0, 0.05) is 29.4 Å². The maximum atomic E-state index is 13.1. The maximum Gasteiger partial charge on any atom is 0.254 e. The molecule has 0 bridgehead atoms. The van der Waals surface area contributed by atoms with E-state index in [9.17, 15) is 4.79 Å². The number of carbonyl (C=O) groups excluding carboxylic acids is 1. The monoisotopic (exact) mass is 396 g/mol. The van der Waals surface area contributed by atoms with Gasteiger partial charge in [0.1, 0.15) is 16.9 Å². The van der Waals surface area contributed by atoms with E-state index in [-0.39, 0.29) is 12.0 Å². The molecule has 2 aliphatic heterocycles. The first-order valence-corrected chi connectivity index (χ1v) is 11.1. The lowest BCUT2D eigenvalue weighted by Crippen LogP contribution is -2.35. The van der Waals surface area contributed by atoms with Crippen LogP contribution in [0.2, 0.25) is 0 Å². The third kappa shape index (κ3) is 3.17. The number of fused-ring (bicyclic) bond motifs is 2. The van der Waals surface area contributed by atoms with Gasteiger partial charge in [-0.1, -0.05) is 18.2 Å². The van der Waals surface area contributed by atoms with Gasteiger partial charge in [0.05, 0.1) is 12.1 Å². The first-order chi connectivity index (χ1) is 13.3. The molecule has 1 aromatic carbocycles. The second kappa shape index (κ2) is 7.09. The summed E-state index contributed by atoms with van der Waals surface area (Å²) in [6.45, 7) is 0.526. The normalized spacial score (nSPS) is 17.9. The maximum absolute atomic E-state index is 13.1. The van der Waals surface area contributed by atoms with Gasteiger partial charge < -0.3 is 14.6 Å². The quantitative estimate of drug-likeness (QED) is 0.723. The molecule has 1 amide bonds. The van der Waals surface area contributed by atoms with Gasteiger partial charge in [0.15, 0.2) is 0 Å². The molecule has 0 radical (unpaired) electrons. The number of hydrogen-bond acceptors (Lipinski definition) is 4. The molecule has 0 fully saturated rings. The zero-order valence-corrected chi connectivity index (χ0v) is 16.4. The molecular weight excluding hydrogens is 376 g/mol. The lowest BCUT2D eigenvalue weighted by Gasteiger charge is -2.15. The van der Waals surface area contributed by atoms with E-state index in [1.165, 1.54) is 16.0 Å². The van der Waals surface area contributed by atoms with Crippen molar-refractivity contribution in [3.63, 3.8) is 0 Å². The standard InChI is InChI=1S/C21H20N2O2S2/c24-20(22-12-15-11-14-5-1-2-6-17(14)25-15)19-16-7-10-26-13-18(16)27-21(19)23-8-3-4-9-23/h1-6,8-9,15H,7,10-13H2,(H,22,24). The highest BCUT2D eigenvalue weighted by molar-refractivity contribution is 7.98. The van der Waals surface area contributed by atoms with Crippen molar-refractivity contribution in [2.24, 2.45) is 0 Å². The Hall–Kier alpha value is -2.18. The fourth-order valence-corrected chi connectivity index (χ4v) is 6.21. The number of benzene rings is 1. The summed E-state index contributed by atoms with van der Waals surface area (Å²) in [6, 6.07) is 12.1. The number of aromatic nitrogens is 1. The number of ether oxygens (including phenoxy) is 1. The van der Waals surface area contributed by atoms with E-state index in [1.807, 2.05) is 54.5 Å². The molecule has 6 heteroatoms. The lowest BCUT2D eigenvalue weighted by molar-refractivity contribution is 0.0933. The molecule has 1 N–H and O–H groups in total. The Labute approximate surface area is 166 Å². The SMILES string of the molecule is O=C(NCC1Cc2ccccc2O1)c1c(-n2cccc2)sc2c1CCSC2. The summed E-state index contributed by atoms with van der Waals surface area (Å²) in [7, 11) is 0. The first kappa shape index (κ1) is 17.0. The molecule has 1 unspecified atom stereocenters. The first-order valence-electron chi connectivity index (χ1n) is 9.18. The van der Waals surface area contributed by atoms with Crippen LogP contribution in [0.25, 0.3) is 5.00 Å². The lowest BCUT2D eigenvalue weighted by atomic mass is 10.1. The minimum Gasteiger partial charge on any atom is -0.488 e. The third-order valence-electron chi connectivity index (χ3n) is 5.07. The number of nitrogens with zero attached hydrogens (tertiary/aromatic N) is 1. The van der Waals surface area contributed by atoms with Crippen LogP contribution in [-0.4, -0.2) is 28.9 Å². The van der Waals surface area contributed by atoms with Crippen LogP contribution in [0.4, 0.5) is 0 Å². The van der Waals surface area contributed by atoms with Gasteiger partial charge in [0.2, 0.25) is 0 Å². The molecule has 2 aromatic heterocycles. The number of hydrogen-bond donors (Lipinski definition) is 1. The molecule has 1 atom stereocenters. The fraction of sp³-hybridized carbons (Fsp3) is 0.286. The molecule has 0 saturated carbocycles. The van der Waals surface area contributed by atoms with Crippen molar-refractivity contribution in [2.45, 2.75) is 24.7 Å². The van der Waals surface area contributed by atoms with Crippen LogP contribution in [-0.2, 0) is 18.6 Å². The smallest absolute Gasteiger partial charge is 0.254 e. The Morgan fingerprint density at radius 3 is 2.93 bits per heavy atom. The Bertz CT molecular complexity index is 953. The van der Waals surface area contributed by atoms with E-state index in [2.05, 4.69) is 16.0 Å². The summed E-state index contributed by atoms with van der Waals surface area (Å²) in [5.74, 6) is 3.04. The van der Waals surface area contributed by atoms with Crippen molar-refractivity contribution >= 4 is 29.0 Å². The zero-order valence-electron chi connectivity index (χ0n) is 14.8. The van der Waals surface area contributed by atoms with E-state index in [4.69, 9.17) is 4.74 Å². The zero-order chi connectivity index (χ0) is 18.2. The summed E-state index contributed by atoms with van der Waals surface area (Å²) in [4.78, 5) is 14.5. The highest BCUT2D eigenvalue weighted by Gasteiger charge is 2.28. The Morgan fingerprint density at radius 1 is 1.22 bits per heavy atom. The van der Waals surface area contributed by atoms with Crippen molar-refractivity contribution in [3.8, 4) is 10.8 Å². The van der Waals surface area contributed by atoms with Crippen LogP contribution < -0.4 is 10.1 Å². The van der Waals surface area contributed by atoms with E-state index in [0.717, 1.165) is 40.7 Å². The van der Waals surface area contributed by atoms with Crippen LogP contribution in [0.15, 0.2) is 48.8 Å². The van der Waals surface area contributed by atoms with Gasteiger partial charge >= 0.3 is 0 Å². The summed E-state index contributed by atoms with van der Waals surface area (Å²) >= 11 is 3.69. The van der Waals surface area contributed by atoms with Crippen LogP contribution in [0.3, 0.4) is 0 Å². The van der Waals surface area contributed by atoms with Crippen molar-refractivity contribution in [2.75, 3.05) is 12.3 Å². The van der Waals surface area contributed by atoms with Gasteiger partial charge in [-0.15, -0.1) is 11.3 Å². The van der Waals surface area contributed by atoms with Crippen LogP contribution in [0.1, 0.15) is 26.4 Å². The molecule has 2 aliphatic rings. The minimum absolute atomic E-state index is 0.00592. The minimum atomic E-state index is 0.00592. The van der Waals surface area contributed by atoms with E-state index >= 15 is 0 Å². The predicted molar refractivity (Wildman–Crippen MR) is 110 cm³/mol. The molecule has 3 aromatic rings. The number of para-hydroxylation sites is 1. The van der Waals surface area contributed by atoms with Crippen LogP contribution >= 0.6 is 23.1 Å². The number of amides is 1. The molecular formula is C21H20N2O2S2.